The average molecular weight is 264 g/mol. The molecule has 2 rings (SSSR count). The molecule has 0 N–H and O–H groups in total. The molecule has 0 radical (unpaired) electrons. The smallest absolute Gasteiger partial charge is 0.296 e. The molecule has 16 heavy (non-hydrogen) atoms. The zero-order chi connectivity index (χ0) is 11.9. The van der Waals surface area contributed by atoms with Crippen LogP contribution in [0.25, 0.3) is 0 Å². The number of rotatable bonds is 3. The molecule has 5 nitrogen and oxygen atoms in total. The van der Waals surface area contributed by atoms with Crippen molar-refractivity contribution in [1.29, 1.82) is 0 Å². The highest BCUT2D eigenvalue weighted by Gasteiger charge is 2.31. The third kappa shape index (κ3) is 1.96. The molecule has 0 unspecified atom stereocenters. The molecule has 1 aromatic heterocycles. The van der Waals surface area contributed by atoms with Gasteiger partial charge in [-0.1, -0.05) is 6.42 Å². The van der Waals surface area contributed by atoms with E-state index in [1.165, 1.54) is 6.42 Å². The summed E-state index contributed by atoms with van der Waals surface area (Å²) in [4.78, 5) is 0. The molecule has 1 saturated carbocycles. The molecule has 1 aromatic rings. The third-order valence-corrected chi connectivity index (χ3v) is 4.02. The lowest BCUT2D eigenvalue weighted by Gasteiger charge is -2.26. The van der Waals surface area contributed by atoms with Gasteiger partial charge < -0.3 is 0 Å². The van der Waals surface area contributed by atoms with Crippen molar-refractivity contribution >= 4 is 19.7 Å². The standard InChI is InChI=1S/C9H14ClN3O2S/c1-6(2)13-8(7-4-3-5-7)11-12-9(13)16(10,14)15/h6-7H,3-5H2,1-2H3. The molecule has 0 bridgehead atoms. The van der Waals surface area contributed by atoms with Crippen molar-refractivity contribution in [3.63, 3.8) is 0 Å². The summed E-state index contributed by atoms with van der Waals surface area (Å²) in [7, 11) is 1.52. The minimum Gasteiger partial charge on any atom is -0.298 e. The second-order valence-corrected chi connectivity index (χ2v) is 6.83. The van der Waals surface area contributed by atoms with Crippen molar-refractivity contribution in [1.82, 2.24) is 14.8 Å². The number of hydrogen-bond acceptors (Lipinski definition) is 4. The quantitative estimate of drug-likeness (QED) is 0.783. The minimum atomic E-state index is -3.81. The summed E-state index contributed by atoms with van der Waals surface area (Å²) >= 11 is 0. The normalized spacial score (nSPS) is 17.8. The van der Waals surface area contributed by atoms with Gasteiger partial charge in [0.15, 0.2) is 0 Å². The van der Waals surface area contributed by atoms with E-state index in [1.807, 2.05) is 13.8 Å². The van der Waals surface area contributed by atoms with Gasteiger partial charge in [-0.15, -0.1) is 10.2 Å². The molecule has 1 fully saturated rings. The molecule has 7 heteroatoms. The van der Waals surface area contributed by atoms with Gasteiger partial charge in [0, 0.05) is 22.6 Å². The summed E-state index contributed by atoms with van der Waals surface area (Å²) in [6.07, 6.45) is 3.26. The summed E-state index contributed by atoms with van der Waals surface area (Å²) in [5.74, 6) is 1.09. The number of aromatic nitrogens is 3. The fourth-order valence-electron chi connectivity index (χ4n) is 1.88. The van der Waals surface area contributed by atoms with E-state index in [-0.39, 0.29) is 11.2 Å². The highest BCUT2D eigenvalue weighted by Crippen LogP contribution is 2.37. The van der Waals surface area contributed by atoms with Crippen LogP contribution in [0.15, 0.2) is 5.16 Å². The van der Waals surface area contributed by atoms with Crippen molar-refractivity contribution in [2.24, 2.45) is 0 Å². The van der Waals surface area contributed by atoms with Crippen molar-refractivity contribution in [2.45, 2.75) is 50.2 Å². The second kappa shape index (κ2) is 4.00. The van der Waals surface area contributed by atoms with Crippen molar-refractivity contribution in [2.75, 3.05) is 0 Å². The minimum absolute atomic E-state index is 0.00544. The molecule has 1 aliphatic rings. The first-order valence-corrected chi connectivity index (χ1v) is 7.61. The Morgan fingerprint density at radius 2 is 2.00 bits per heavy atom. The van der Waals surface area contributed by atoms with E-state index in [9.17, 15) is 8.42 Å². The number of nitrogens with zero attached hydrogens (tertiary/aromatic N) is 3. The van der Waals surface area contributed by atoms with Crippen LogP contribution < -0.4 is 0 Å². The maximum Gasteiger partial charge on any atom is 0.296 e. The molecule has 0 amide bonds. The van der Waals surface area contributed by atoms with Crippen LogP contribution in [0.3, 0.4) is 0 Å². The predicted octanol–water partition coefficient (Wildman–Crippen LogP) is 2.05. The molecule has 0 atom stereocenters. The van der Waals surface area contributed by atoms with Crippen LogP contribution >= 0.6 is 10.7 Å². The van der Waals surface area contributed by atoms with E-state index >= 15 is 0 Å². The van der Waals surface area contributed by atoms with E-state index in [0.29, 0.717) is 5.92 Å². The molecule has 1 heterocycles. The second-order valence-electron chi connectivity index (χ2n) is 4.37. The number of halogens is 1. The van der Waals surface area contributed by atoms with Crippen LogP contribution in [0.2, 0.25) is 0 Å². The summed E-state index contributed by atoms with van der Waals surface area (Å²) in [5, 5.41) is 7.55. The Morgan fingerprint density at radius 1 is 1.38 bits per heavy atom. The molecule has 0 saturated heterocycles. The molecular weight excluding hydrogens is 250 g/mol. The van der Waals surface area contributed by atoms with Gasteiger partial charge in [0.2, 0.25) is 0 Å². The average Bonchev–Trinajstić information content (AvgIpc) is 2.43. The summed E-state index contributed by atoms with van der Waals surface area (Å²) < 4.78 is 24.3. The zero-order valence-corrected chi connectivity index (χ0v) is 10.8. The third-order valence-electron chi connectivity index (χ3n) is 2.90. The van der Waals surface area contributed by atoms with E-state index < -0.39 is 9.05 Å². The van der Waals surface area contributed by atoms with E-state index in [2.05, 4.69) is 10.2 Å². The first-order chi connectivity index (χ1) is 7.41. The largest absolute Gasteiger partial charge is 0.298 e. The Balaban J connectivity index is 2.51. The first-order valence-electron chi connectivity index (χ1n) is 5.30. The fraction of sp³-hybridized carbons (Fsp3) is 0.778. The molecule has 90 valence electrons. The van der Waals surface area contributed by atoms with Crippen LogP contribution in [0.5, 0.6) is 0 Å². The topological polar surface area (TPSA) is 64.8 Å². The van der Waals surface area contributed by atoms with Crippen molar-refractivity contribution in [3.05, 3.63) is 5.82 Å². The maximum atomic E-state index is 11.3. The lowest BCUT2D eigenvalue weighted by molar-refractivity contribution is 0.371. The summed E-state index contributed by atoms with van der Waals surface area (Å²) in [5.41, 5.74) is 0. The van der Waals surface area contributed by atoms with Crippen LogP contribution in [0.4, 0.5) is 0 Å². The fourth-order valence-corrected chi connectivity index (χ4v) is 2.88. The summed E-state index contributed by atoms with van der Waals surface area (Å²) in [6.45, 7) is 3.80. The Bertz CT molecular complexity index is 491. The Kier molecular flexibility index (Phi) is 2.96. The lowest BCUT2D eigenvalue weighted by atomic mass is 9.85. The highest BCUT2D eigenvalue weighted by atomic mass is 35.7. The summed E-state index contributed by atoms with van der Waals surface area (Å²) in [6, 6.07) is -0.00544. The van der Waals surface area contributed by atoms with Crippen molar-refractivity contribution in [3.8, 4) is 0 Å². The van der Waals surface area contributed by atoms with Crippen molar-refractivity contribution < 1.29 is 8.42 Å². The molecular formula is C9H14ClN3O2S. The lowest BCUT2D eigenvalue weighted by Crippen LogP contribution is -2.18. The SMILES string of the molecule is CC(C)n1c(C2CCC2)nnc1S(=O)(=O)Cl. The Labute approximate surface area is 99.2 Å². The number of hydrogen-bond donors (Lipinski definition) is 0. The Hall–Kier alpha value is -0.620. The van der Waals surface area contributed by atoms with Crippen LogP contribution in [0.1, 0.15) is 50.9 Å². The van der Waals surface area contributed by atoms with Gasteiger partial charge in [-0.2, -0.15) is 0 Å². The van der Waals surface area contributed by atoms with Gasteiger partial charge >= 0.3 is 0 Å². The van der Waals surface area contributed by atoms with Gasteiger partial charge in [-0.25, -0.2) is 8.42 Å². The Morgan fingerprint density at radius 3 is 2.38 bits per heavy atom. The first kappa shape index (κ1) is 11.9. The van der Waals surface area contributed by atoms with Gasteiger partial charge in [0.05, 0.1) is 0 Å². The van der Waals surface area contributed by atoms with Gasteiger partial charge in [0.1, 0.15) is 5.82 Å². The van der Waals surface area contributed by atoms with Gasteiger partial charge in [-0.3, -0.25) is 4.57 Å². The van der Waals surface area contributed by atoms with Gasteiger partial charge in [0.25, 0.3) is 14.2 Å². The van der Waals surface area contributed by atoms with Crippen LogP contribution in [-0.2, 0) is 9.05 Å². The monoisotopic (exact) mass is 263 g/mol. The zero-order valence-electron chi connectivity index (χ0n) is 9.22. The molecule has 1 aliphatic carbocycles. The predicted molar refractivity (Wildman–Crippen MR) is 60.0 cm³/mol. The molecule has 0 spiro atoms. The molecule has 0 aromatic carbocycles. The van der Waals surface area contributed by atoms with E-state index in [1.54, 1.807) is 4.57 Å². The maximum absolute atomic E-state index is 11.3. The van der Waals surface area contributed by atoms with E-state index in [0.717, 1.165) is 18.7 Å². The molecule has 0 aliphatic heterocycles. The van der Waals surface area contributed by atoms with Gasteiger partial charge in [-0.05, 0) is 26.7 Å². The van der Waals surface area contributed by atoms with E-state index in [4.69, 9.17) is 10.7 Å². The highest BCUT2D eigenvalue weighted by molar-refractivity contribution is 8.13. The van der Waals surface area contributed by atoms with Crippen LogP contribution in [0, 0.1) is 0 Å². The van der Waals surface area contributed by atoms with Crippen LogP contribution in [-0.4, -0.2) is 23.2 Å².